The molecule has 0 saturated carbocycles. The maximum absolute atomic E-state index is 5.86. The lowest BCUT2D eigenvalue weighted by Crippen LogP contribution is -1.81. The summed E-state index contributed by atoms with van der Waals surface area (Å²) in [6.45, 7) is 8.00. The molecule has 4 N–H and O–H groups in total. The summed E-state index contributed by atoms with van der Waals surface area (Å²) in [6, 6.07) is 0. The molecule has 0 rings (SSSR count). The maximum Gasteiger partial charge on any atom is 0.0836 e. The van der Waals surface area contributed by atoms with Crippen molar-refractivity contribution in [2.45, 2.75) is 27.7 Å². The zero-order chi connectivity index (χ0) is 9.41. The van der Waals surface area contributed by atoms with E-state index in [-0.39, 0.29) is 0 Å². The number of nitrogens with two attached hydrogens (primary N) is 1. The van der Waals surface area contributed by atoms with E-state index in [0.29, 0.717) is 0 Å². The van der Waals surface area contributed by atoms with E-state index in [1.807, 2.05) is 27.7 Å². The highest BCUT2D eigenvalue weighted by atomic mass is 35.5. The second-order valence-electron chi connectivity index (χ2n) is 0.276. The number of nitrogens with one attached hydrogen (secondary N) is 2. The van der Waals surface area contributed by atoms with Crippen LogP contribution >= 0.6 is 11.6 Å². The van der Waals surface area contributed by atoms with Gasteiger partial charge in [-0.25, -0.2) is 0 Å². The van der Waals surface area contributed by atoms with Gasteiger partial charge in [-0.2, -0.15) is 0 Å². The van der Waals surface area contributed by atoms with Crippen molar-refractivity contribution in [1.29, 1.82) is 10.8 Å². The summed E-state index contributed by atoms with van der Waals surface area (Å²) in [5.74, 6) is 0. The van der Waals surface area contributed by atoms with E-state index in [1.54, 1.807) is 0 Å². The predicted molar refractivity (Wildman–Crippen MR) is 50.3 cm³/mol. The summed E-state index contributed by atoms with van der Waals surface area (Å²) in [6.07, 6.45) is 0.750. The minimum absolute atomic E-state index is 0.722. The molecule has 0 spiro atoms. The van der Waals surface area contributed by atoms with Gasteiger partial charge in [-0.3, -0.25) is 10.8 Å². The molecular formula is C6H18ClN3. The topological polar surface area (TPSA) is 73.7 Å². The van der Waals surface area contributed by atoms with Crippen LogP contribution in [0.25, 0.3) is 0 Å². The summed E-state index contributed by atoms with van der Waals surface area (Å²) in [5.41, 5.74) is 5.11. The van der Waals surface area contributed by atoms with Crippen LogP contribution in [0, 0.1) is 10.8 Å². The summed E-state index contributed by atoms with van der Waals surface area (Å²) >= 11 is 4.54. The zero-order valence-electron chi connectivity index (χ0n) is 7.11. The number of hydrogen-bond donors (Lipinski definition) is 3. The van der Waals surface area contributed by atoms with Gasteiger partial charge < -0.3 is 5.73 Å². The average molecular weight is 168 g/mol. The molecule has 0 aromatic rings. The molecule has 0 fully saturated rings. The molecule has 0 atom stereocenters. The van der Waals surface area contributed by atoms with Crippen LogP contribution in [0.4, 0.5) is 0 Å². The molecule has 3 nitrogen and oxygen atoms in total. The molecule has 0 unspecified atom stereocenters. The quantitative estimate of drug-likeness (QED) is 0.376. The van der Waals surface area contributed by atoms with Gasteiger partial charge in [0.15, 0.2) is 0 Å². The van der Waals surface area contributed by atoms with Gasteiger partial charge in [0.1, 0.15) is 0 Å². The fourth-order valence-corrected chi connectivity index (χ4v) is 0. The lowest BCUT2D eigenvalue weighted by atomic mass is 11.0. The van der Waals surface area contributed by atoms with Crippen molar-refractivity contribution < 1.29 is 0 Å². The molecule has 4 heteroatoms. The molecule has 0 aliphatic carbocycles. The van der Waals surface area contributed by atoms with Crippen molar-refractivity contribution >= 4 is 23.6 Å². The van der Waals surface area contributed by atoms with Crippen molar-refractivity contribution in [3.05, 3.63) is 0 Å². The standard InChI is InChI=1S/2C2H6.CH2ClN.CH4N2/c2*1-2;2*2-1-3/h2*1-2H3;1,3H;1H,(H3,2,3). The largest absolute Gasteiger partial charge is 0.390 e. The summed E-state index contributed by atoms with van der Waals surface area (Å²) in [4.78, 5) is 0. The van der Waals surface area contributed by atoms with Crippen molar-refractivity contribution in [2.24, 2.45) is 5.73 Å². The smallest absolute Gasteiger partial charge is 0.0836 e. The Balaban J connectivity index is -0.0000000246. The fraction of sp³-hybridized carbons (Fsp3) is 0.667. The predicted octanol–water partition coefficient (Wildman–Crippen LogP) is 2.44. The molecule has 10 heavy (non-hydrogen) atoms. The van der Waals surface area contributed by atoms with E-state index in [9.17, 15) is 0 Å². The van der Waals surface area contributed by atoms with E-state index < -0.39 is 0 Å². The Morgan fingerprint density at radius 2 is 1.10 bits per heavy atom. The van der Waals surface area contributed by atoms with Crippen LogP contribution in [0.2, 0.25) is 0 Å². The third-order valence-corrected chi connectivity index (χ3v) is 0. The molecule has 0 aliphatic heterocycles. The molecule has 0 saturated heterocycles. The molecule has 0 amide bonds. The van der Waals surface area contributed by atoms with Gasteiger partial charge in [-0.15, -0.1) is 0 Å². The van der Waals surface area contributed by atoms with E-state index in [4.69, 9.17) is 10.8 Å². The van der Waals surface area contributed by atoms with Crippen LogP contribution in [0.1, 0.15) is 27.7 Å². The monoisotopic (exact) mass is 167 g/mol. The molecule has 0 aromatic carbocycles. The first-order valence-electron chi connectivity index (χ1n) is 3.13. The van der Waals surface area contributed by atoms with Gasteiger partial charge in [0.2, 0.25) is 0 Å². The van der Waals surface area contributed by atoms with E-state index in [0.717, 1.165) is 12.0 Å². The number of halogens is 1. The van der Waals surface area contributed by atoms with Gasteiger partial charge in [0.25, 0.3) is 0 Å². The highest BCUT2D eigenvalue weighted by Crippen LogP contribution is 1.43. The fourth-order valence-electron chi connectivity index (χ4n) is 0. The molecular weight excluding hydrogens is 150 g/mol. The Hall–Kier alpha value is -0.570. The van der Waals surface area contributed by atoms with Crippen LogP contribution < -0.4 is 5.73 Å². The minimum Gasteiger partial charge on any atom is -0.390 e. The Labute approximate surface area is 68.6 Å². The highest BCUT2D eigenvalue weighted by Gasteiger charge is 1.20. The first-order chi connectivity index (χ1) is 4.83. The van der Waals surface area contributed by atoms with Crippen LogP contribution in [0.3, 0.4) is 0 Å². The normalized spacial score (nSPS) is 3.70. The summed E-state index contributed by atoms with van der Waals surface area (Å²) < 4.78 is 0. The van der Waals surface area contributed by atoms with Gasteiger partial charge in [0.05, 0.1) is 12.0 Å². The van der Waals surface area contributed by atoms with Gasteiger partial charge in [-0.05, 0) is 0 Å². The van der Waals surface area contributed by atoms with Crippen LogP contribution in [-0.2, 0) is 0 Å². The molecule has 64 valence electrons. The first-order valence-corrected chi connectivity index (χ1v) is 3.57. The lowest BCUT2D eigenvalue weighted by molar-refractivity contribution is 1.50. The average Bonchev–Trinajstić information content (AvgIpc) is 1.99. The minimum atomic E-state index is 0.722. The van der Waals surface area contributed by atoms with Gasteiger partial charge in [-0.1, -0.05) is 39.3 Å². The van der Waals surface area contributed by atoms with E-state index in [2.05, 4.69) is 17.3 Å². The van der Waals surface area contributed by atoms with Crippen LogP contribution in [0.5, 0.6) is 0 Å². The Bertz CT molecular complexity index is 34.0. The zero-order valence-corrected chi connectivity index (χ0v) is 7.87. The van der Waals surface area contributed by atoms with Crippen molar-refractivity contribution in [3.8, 4) is 0 Å². The maximum atomic E-state index is 5.86. The SMILES string of the molecule is CC.CC.N=CCl.N=CN. The molecule has 0 radical (unpaired) electrons. The Morgan fingerprint density at radius 1 is 1.10 bits per heavy atom. The van der Waals surface area contributed by atoms with Gasteiger partial charge >= 0.3 is 0 Å². The molecule has 0 aromatic heterocycles. The molecule has 0 aliphatic rings. The van der Waals surface area contributed by atoms with Gasteiger partial charge in [0, 0.05) is 0 Å². The van der Waals surface area contributed by atoms with Crippen molar-refractivity contribution in [1.82, 2.24) is 0 Å². The Kier molecular flexibility index (Phi) is 517. The second-order valence-corrected chi connectivity index (χ2v) is 0.494. The summed E-state index contributed by atoms with van der Waals surface area (Å²) in [5, 5.41) is 11.7. The second kappa shape index (κ2) is 228. The number of rotatable bonds is 0. The van der Waals surface area contributed by atoms with E-state index >= 15 is 0 Å². The first kappa shape index (κ1) is 22.7. The van der Waals surface area contributed by atoms with Crippen LogP contribution in [0.15, 0.2) is 0 Å². The van der Waals surface area contributed by atoms with Crippen molar-refractivity contribution in [2.75, 3.05) is 0 Å². The molecule has 0 heterocycles. The number of hydrogen-bond acceptors (Lipinski definition) is 2. The van der Waals surface area contributed by atoms with E-state index in [1.165, 1.54) is 0 Å². The highest BCUT2D eigenvalue weighted by molar-refractivity contribution is 6.55. The third-order valence-electron chi connectivity index (χ3n) is 0. The third kappa shape index (κ3) is 945. The molecule has 0 bridgehead atoms. The Morgan fingerprint density at radius 3 is 1.10 bits per heavy atom. The van der Waals surface area contributed by atoms with Crippen LogP contribution in [-0.4, -0.2) is 12.0 Å². The summed E-state index contributed by atoms with van der Waals surface area (Å²) in [7, 11) is 0. The lowest BCUT2D eigenvalue weighted by Gasteiger charge is -1.38. The van der Waals surface area contributed by atoms with Crippen molar-refractivity contribution in [3.63, 3.8) is 0 Å².